The van der Waals surface area contributed by atoms with Crippen molar-refractivity contribution in [1.82, 2.24) is 10.2 Å². The Bertz CT molecular complexity index is 537. The highest BCUT2D eigenvalue weighted by molar-refractivity contribution is 7.90. The molecule has 2 rings (SSSR count). The van der Waals surface area contributed by atoms with Gasteiger partial charge in [-0.2, -0.15) is 0 Å². The van der Waals surface area contributed by atoms with Crippen molar-refractivity contribution in [2.45, 2.75) is 11.3 Å². The molecule has 1 heterocycles. The molecule has 1 aliphatic heterocycles. The predicted octanol–water partition coefficient (Wildman–Crippen LogP) is 0.243. The smallest absolute Gasteiger partial charge is 0.175 e. The van der Waals surface area contributed by atoms with Crippen LogP contribution in [-0.4, -0.2) is 57.4 Å². The molecular formula is C13H20N2O3S. The van der Waals surface area contributed by atoms with Crippen LogP contribution in [0.3, 0.4) is 0 Å². The molecule has 0 bridgehead atoms. The zero-order valence-corrected chi connectivity index (χ0v) is 11.9. The molecule has 0 radical (unpaired) electrons. The lowest BCUT2D eigenvalue weighted by Gasteiger charge is -2.27. The van der Waals surface area contributed by atoms with Gasteiger partial charge in [0.25, 0.3) is 0 Å². The second-order valence-corrected chi connectivity index (χ2v) is 6.92. The summed E-state index contributed by atoms with van der Waals surface area (Å²) < 4.78 is 23.0. The van der Waals surface area contributed by atoms with Gasteiger partial charge in [-0.1, -0.05) is 0 Å². The minimum absolute atomic E-state index is 0.169. The van der Waals surface area contributed by atoms with Gasteiger partial charge in [-0.15, -0.1) is 0 Å². The number of hydrogen-bond donors (Lipinski definition) is 2. The summed E-state index contributed by atoms with van der Waals surface area (Å²) in [5.74, 6) is 0.169. The fourth-order valence-corrected chi connectivity index (χ4v) is 2.88. The lowest BCUT2D eigenvalue weighted by Crippen LogP contribution is -2.44. The number of hydrogen-bond acceptors (Lipinski definition) is 5. The fourth-order valence-electron chi connectivity index (χ4n) is 2.21. The van der Waals surface area contributed by atoms with E-state index in [9.17, 15) is 13.5 Å². The first kappa shape index (κ1) is 14.3. The first-order valence-corrected chi connectivity index (χ1v) is 8.31. The third-order valence-electron chi connectivity index (χ3n) is 3.39. The number of rotatable bonds is 4. The lowest BCUT2D eigenvalue weighted by molar-refractivity contribution is 0.243. The maximum atomic E-state index is 11.5. The van der Waals surface area contributed by atoms with Crippen LogP contribution in [0.2, 0.25) is 0 Å². The first-order valence-electron chi connectivity index (χ1n) is 6.42. The van der Waals surface area contributed by atoms with E-state index in [0.29, 0.717) is 12.0 Å². The fraction of sp³-hybridized carbons (Fsp3) is 0.538. The van der Waals surface area contributed by atoms with Crippen LogP contribution in [0.4, 0.5) is 0 Å². The highest BCUT2D eigenvalue weighted by atomic mass is 32.2. The van der Waals surface area contributed by atoms with Gasteiger partial charge in [-0.25, -0.2) is 8.42 Å². The average molecular weight is 284 g/mol. The van der Waals surface area contributed by atoms with Crippen LogP contribution in [0.25, 0.3) is 0 Å². The Morgan fingerprint density at radius 1 is 1.32 bits per heavy atom. The molecule has 106 valence electrons. The van der Waals surface area contributed by atoms with Gasteiger partial charge >= 0.3 is 0 Å². The highest BCUT2D eigenvalue weighted by Gasteiger charge is 2.13. The summed E-state index contributed by atoms with van der Waals surface area (Å²) in [7, 11) is -3.22. The van der Waals surface area contributed by atoms with Crippen molar-refractivity contribution >= 4 is 9.84 Å². The van der Waals surface area contributed by atoms with E-state index in [2.05, 4.69) is 10.2 Å². The first-order chi connectivity index (χ1) is 8.97. The minimum atomic E-state index is -3.22. The Balaban J connectivity index is 2.06. The quantitative estimate of drug-likeness (QED) is 0.829. The summed E-state index contributed by atoms with van der Waals surface area (Å²) >= 11 is 0. The maximum absolute atomic E-state index is 11.5. The minimum Gasteiger partial charge on any atom is -0.508 e. The van der Waals surface area contributed by atoms with Gasteiger partial charge in [0.2, 0.25) is 0 Å². The van der Waals surface area contributed by atoms with Gasteiger partial charge in [-0.3, -0.25) is 0 Å². The molecule has 1 aromatic rings. The number of piperazine rings is 1. The van der Waals surface area contributed by atoms with E-state index in [1.807, 2.05) is 0 Å². The SMILES string of the molecule is CS(=O)(=O)c1ccc(O)c(CCN2CCNCC2)c1. The summed E-state index contributed by atoms with van der Waals surface area (Å²) in [5.41, 5.74) is 0.696. The molecule has 0 unspecified atom stereocenters. The van der Waals surface area contributed by atoms with Gasteiger partial charge in [-0.05, 0) is 30.2 Å². The Morgan fingerprint density at radius 2 is 2.00 bits per heavy atom. The second-order valence-electron chi connectivity index (χ2n) is 4.90. The lowest BCUT2D eigenvalue weighted by atomic mass is 10.1. The molecule has 5 nitrogen and oxygen atoms in total. The van der Waals surface area contributed by atoms with Crippen molar-refractivity contribution < 1.29 is 13.5 Å². The van der Waals surface area contributed by atoms with Gasteiger partial charge in [0.05, 0.1) is 4.90 Å². The molecule has 1 fully saturated rings. The van der Waals surface area contributed by atoms with E-state index in [0.717, 1.165) is 32.7 Å². The molecule has 1 saturated heterocycles. The number of phenols is 1. The Hall–Kier alpha value is -1.11. The van der Waals surface area contributed by atoms with Crippen molar-refractivity contribution in [3.63, 3.8) is 0 Å². The van der Waals surface area contributed by atoms with Crippen molar-refractivity contribution in [3.8, 4) is 5.75 Å². The number of phenolic OH excluding ortho intramolecular Hbond substituents is 1. The van der Waals surface area contributed by atoms with Gasteiger partial charge in [0, 0.05) is 39.0 Å². The van der Waals surface area contributed by atoms with Crippen LogP contribution in [0, 0.1) is 0 Å². The molecule has 0 spiro atoms. The van der Waals surface area contributed by atoms with Crippen LogP contribution >= 0.6 is 0 Å². The second kappa shape index (κ2) is 5.90. The van der Waals surface area contributed by atoms with E-state index in [1.165, 1.54) is 18.4 Å². The monoisotopic (exact) mass is 284 g/mol. The molecular weight excluding hydrogens is 264 g/mol. The zero-order valence-electron chi connectivity index (χ0n) is 11.1. The van der Waals surface area contributed by atoms with Crippen molar-refractivity contribution in [2.75, 3.05) is 39.0 Å². The number of nitrogens with zero attached hydrogens (tertiary/aromatic N) is 1. The van der Waals surface area contributed by atoms with Crippen molar-refractivity contribution in [2.24, 2.45) is 0 Å². The summed E-state index contributed by atoms with van der Waals surface area (Å²) in [6, 6.07) is 4.48. The van der Waals surface area contributed by atoms with E-state index in [4.69, 9.17) is 0 Å². The van der Waals surface area contributed by atoms with Crippen LogP contribution in [-0.2, 0) is 16.3 Å². The number of benzene rings is 1. The number of aromatic hydroxyl groups is 1. The van der Waals surface area contributed by atoms with Crippen molar-refractivity contribution in [3.05, 3.63) is 23.8 Å². The Labute approximate surface area is 114 Å². The molecule has 2 N–H and O–H groups in total. The van der Waals surface area contributed by atoms with E-state index in [1.54, 1.807) is 6.07 Å². The molecule has 0 aromatic heterocycles. The summed E-state index contributed by atoms with van der Waals surface area (Å²) in [4.78, 5) is 2.57. The van der Waals surface area contributed by atoms with Crippen molar-refractivity contribution in [1.29, 1.82) is 0 Å². The Morgan fingerprint density at radius 3 is 2.63 bits per heavy atom. The molecule has 6 heteroatoms. The van der Waals surface area contributed by atoms with Crippen LogP contribution in [0.5, 0.6) is 5.75 Å². The molecule has 0 saturated carbocycles. The highest BCUT2D eigenvalue weighted by Crippen LogP contribution is 2.22. The summed E-state index contributed by atoms with van der Waals surface area (Å²) in [5, 5.41) is 13.1. The molecule has 1 aliphatic rings. The van der Waals surface area contributed by atoms with E-state index < -0.39 is 9.84 Å². The Kier molecular flexibility index (Phi) is 4.44. The average Bonchev–Trinajstić information content (AvgIpc) is 2.37. The van der Waals surface area contributed by atoms with Gasteiger partial charge in [0.1, 0.15) is 5.75 Å². The summed E-state index contributed by atoms with van der Waals surface area (Å²) in [6.07, 6.45) is 1.84. The third-order valence-corrected chi connectivity index (χ3v) is 4.50. The predicted molar refractivity (Wildman–Crippen MR) is 74.2 cm³/mol. The largest absolute Gasteiger partial charge is 0.508 e. The van der Waals surface area contributed by atoms with Gasteiger partial charge < -0.3 is 15.3 Å². The molecule has 0 atom stereocenters. The van der Waals surface area contributed by atoms with Crippen LogP contribution in [0.15, 0.2) is 23.1 Å². The van der Waals surface area contributed by atoms with E-state index in [-0.39, 0.29) is 10.6 Å². The van der Waals surface area contributed by atoms with Crippen LogP contribution in [0.1, 0.15) is 5.56 Å². The topological polar surface area (TPSA) is 69.6 Å². The normalized spacial score (nSPS) is 17.5. The molecule has 1 aromatic carbocycles. The zero-order chi connectivity index (χ0) is 13.9. The number of sulfone groups is 1. The molecule has 0 amide bonds. The third kappa shape index (κ3) is 3.92. The van der Waals surface area contributed by atoms with Gasteiger partial charge in [0.15, 0.2) is 9.84 Å². The maximum Gasteiger partial charge on any atom is 0.175 e. The number of nitrogens with one attached hydrogen (secondary N) is 1. The molecule has 19 heavy (non-hydrogen) atoms. The molecule has 0 aliphatic carbocycles. The van der Waals surface area contributed by atoms with Crippen LogP contribution < -0.4 is 5.32 Å². The summed E-state index contributed by atoms with van der Waals surface area (Å²) in [6.45, 7) is 4.78. The standard InChI is InChI=1S/C13H20N2O3S/c1-19(17,18)12-2-3-13(16)11(10-12)4-7-15-8-5-14-6-9-15/h2-3,10,14,16H,4-9H2,1H3. The van der Waals surface area contributed by atoms with E-state index >= 15 is 0 Å².